The van der Waals surface area contributed by atoms with Crippen molar-refractivity contribution < 1.29 is 14.3 Å². The third-order valence-corrected chi connectivity index (χ3v) is 4.41. The number of carbonyl (C=O) groups is 2. The third kappa shape index (κ3) is 5.53. The SMILES string of the molecule is Cc1ccc(OCCN(C)C(=O)CCC(=O)c2cccs2)cc1. The summed E-state index contributed by atoms with van der Waals surface area (Å²) in [7, 11) is 1.73. The number of carbonyl (C=O) groups excluding carboxylic acids is 2. The maximum atomic E-state index is 12.0. The molecule has 0 saturated carbocycles. The van der Waals surface area contributed by atoms with Gasteiger partial charge in [-0.2, -0.15) is 0 Å². The van der Waals surface area contributed by atoms with Crippen molar-refractivity contribution in [1.29, 1.82) is 0 Å². The van der Waals surface area contributed by atoms with Gasteiger partial charge in [0.1, 0.15) is 12.4 Å². The number of nitrogens with zero attached hydrogens (tertiary/aromatic N) is 1. The number of ether oxygens (including phenoxy) is 1. The molecule has 1 amide bonds. The Morgan fingerprint density at radius 2 is 1.87 bits per heavy atom. The zero-order valence-electron chi connectivity index (χ0n) is 13.5. The fourth-order valence-corrected chi connectivity index (χ4v) is 2.73. The lowest BCUT2D eigenvalue weighted by molar-refractivity contribution is -0.130. The minimum Gasteiger partial charge on any atom is -0.492 e. The van der Waals surface area contributed by atoms with E-state index in [0.29, 0.717) is 18.0 Å². The van der Waals surface area contributed by atoms with Crippen LogP contribution in [0.1, 0.15) is 28.1 Å². The lowest BCUT2D eigenvalue weighted by Gasteiger charge is -2.17. The van der Waals surface area contributed by atoms with Gasteiger partial charge >= 0.3 is 0 Å². The molecule has 23 heavy (non-hydrogen) atoms. The zero-order valence-corrected chi connectivity index (χ0v) is 14.3. The molecule has 0 atom stereocenters. The van der Waals surface area contributed by atoms with E-state index in [9.17, 15) is 9.59 Å². The van der Waals surface area contributed by atoms with Crippen molar-refractivity contribution in [1.82, 2.24) is 4.90 Å². The molecule has 0 N–H and O–H groups in total. The second-order valence-electron chi connectivity index (χ2n) is 5.38. The van der Waals surface area contributed by atoms with Gasteiger partial charge in [-0.3, -0.25) is 9.59 Å². The van der Waals surface area contributed by atoms with Gasteiger partial charge < -0.3 is 9.64 Å². The molecule has 0 saturated heterocycles. The molecule has 0 aliphatic rings. The highest BCUT2D eigenvalue weighted by molar-refractivity contribution is 7.12. The van der Waals surface area contributed by atoms with Crippen LogP contribution < -0.4 is 4.74 Å². The molecule has 1 aromatic heterocycles. The van der Waals surface area contributed by atoms with Gasteiger partial charge in [-0.1, -0.05) is 23.8 Å². The Hall–Kier alpha value is -2.14. The first kappa shape index (κ1) is 17.2. The van der Waals surface area contributed by atoms with E-state index >= 15 is 0 Å². The van der Waals surface area contributed by atoms with E-state index in [-0.39, 0.29) is 24.5 Å². The Labute approximate surface area is 140 Å². The molecule has 0 aliphatic heterocycles. The first-order valence-electron chi connectivity index (χ1n) is 7.56. The minimum atomic E-state index is -0.0394. The van der Waals surface area contributed by atoms with Gasteiger partial charge in [0.15, 0.2) is 5.78 Å². The van der Waals surface area contributed by atoms with Crippen molar-refractivity contribution in [3.63, 3.8) is 0 Å². The number of rotatable bonds is 8. The van der Waals surface area contributed by atoms with E-state index in [4.69, 9.17) is 4.74 Å². The molecule has 1 aromatic carbocycles. The molecule has 0 spiro atoms. The second-order valence-corrected chi connectivity index (χ2v) is 6.32. The summed E-state index contributed by atoms with van der Waals surface area (Å²) in [6.07, 6.45) is 0.486. The monoisotopic (exact) mass is 331 g/mol. The number of ketones is 1. The van der Waals surface area contributed by atoms with Gasteiger partial charge in [0.25, 0.3) is 0 Å². The smallest absolute Gasteiger partial charge is 0.222 e. The molecule has 4 nitrogen and oxygen atoms in total. The molecular weight excluding hydrogens is 310 g/mol. The molecule has 0 unspecified atom stereocenters. The first-order chi connectivity index (χ1) is 11.1. The van der Waals surface area contributed by atoms with Gasteiger partial charge in [0.2, 0.25) is 5.91 Å². The quantitative estimate of drug-likeness (QED) is 0.695. The van der Waals surface area contributed by atoms with E-state index in [1.54, 1.807) is 18.0 Å². The predicted octanol–water partition coefficient (Wildman–Crippen LogP) is 3.56. The first-order valence-corrected chi connectivity index (χ1v) is 8.44. The Morgan fingerprint density at radius 3 is 2.52 bits per heavy atom. The number of thiophene rings is 1. The second kappa shape index (κ2) is 8.48. The van der Waals surface area contributed by atoms with Crippen LogP contribution in [0, 0.1) is 6.92 Å². The molecule has 2 rings (SSSR count). The molecule has 0 fully saturated rings. The number of hydrogen-bond donors (Lipinski definition) is 0. The average Bonchev–Trinajstić information content (AvgIpc) is 3.08. The summed E-state index contributed by atoms with van der Waals surface area (Å²) in [6, 6.07) is 11.4. The van der Waals surface area contributed by atoms with Crippen LogP contribution in [0.5, 0.6) is 5.75 Å². The lowest BCUT2D eigenvalue weighted by atomic mass is 10.2. The van der Waals surface area contributed by atoms with Crippen molar-refractivity contribution in [3.05, 3.63) is 52.2 Å². The van der Waals surface area contributed by atoms with Crippen LogP contribution in [0.15, 0.2) is 41.8 Å². The number of likely N-dealkylation sites (N-methyl/N-ethyl adjacent to an activating group) is 1. The van der Waals surface area contributed by atoms with Crippen molar-refractivity contribution in [2.45, 2.75) is 19.8 Å². The van der Waals surface area contributed by atoms with Gasteiger partial charge in [-0.25, -0.2) is 0 Å². The van der Waals surface area contributed by atoms with Crippen LogP contribution in [0.4, 0.5) is 0 Å². The average molecular weight is 331 g/mol. The summed E-state index contributed by atoms with van der Waals surface area (Å²) >= 11 is 1.41. The molecular formula is C18H21NO3S. The van der Waals surface area contributed by atoms with E-state index in [1.165, 1.54) is 16.9 Å². The molecule has 0 radical (unpaired) electrons. The van der Waals surface area contributed by atoms with Crippen LogP contribution in [0.2, 0.25) is 0 Å². The Kier molecular flexibility index (Phi) is 6.35. The Bertz CT molecular complexity index is 635. The molecule has 2 aromatic rings. The van der Waals surface area contributed by atoms with Gasteiger partial charge in [0.05, 0.1) is 11.4 Å². The predicted molar refractivity (Wildman–Crippen MR) is 92.2 cm³/mol. The number of aryl methyl sites for hydroxylation is 1. The van der Waals surface area contributed by atoms with E-state index < -0.39 is 0 Å². The molecule has 0 aliphatic carbocycles. The highest BCUT2D eigenvalue weighted by atomic mass is 32.1. The van der Waals surface area contributed by atoms with Crippen molar-refractivity contribution >= 4 is 23.0 Å². The Morgan fingerprint density at radius 1 is 1.13 bits per heavy atom. The standard InChI is InChI=1S/C18H21NO3S/c1-14-5-7-15(8-6-14)22-12-11-19(2)18(21)10-9-16(20)17-4-3-13-23-17/h3-8,13H,9-12H2,1-2H3. The van der Waals surface area contributed by atoms with Crippen LogP contribution in [0.3, 0.4) is 0 Å². The van der Waals surface area contributed by atoms with Crippen LogP contribution in [-0.2, 0) is 4.79 Å². The highest BCUT2D eigenvalue weighted by Gasteiger charge is 2.13. The van der Waals surface area contributed by atoms with Gasteiger partial charge in [-0.05, 0) is 30.5 Å². The number of amides is 1. The molecule has 0 bridgehead atoms. The topological polar surface area (TPSA) is 46.6 Å². The molecule has 5 heteroatoms. The number of Topliss-reactive ketones (excluding diaryl/α,β-unsaturated/α-hetero) is 1. The van der Waals surface area contributed by atoms with Crippen molar-refractivity contribution in [2.24, 2.45) is 0 Å². The van der Waals surface area contributed by atoms with E-state index in [1.807, 2.05) is 42.6 Å². The van der Waals surface area contributed by atoms with Crippen LogP contribution >= 0.6 is 11.3 Å². The van der Waals surface area contributed by atoms with Gasteiger partial charge in [0, 0.05) is 19.9 Å². The fraction of sp³-hybridized carbons (Fsp3) is 0.333. The summed E-state index contributed by atoms with van der Waals surface area (Å²) in [5.74, 6) is 0.782. The largest absolute Gasteiger partial charge is 0.492 e. The minimum absolute atomic E-state index is 0.0256. The number of benzene rings is 1. The van der Waals surface area contributed by atoms with Crippen molar-refractivity contribution in [3.8, 4) is 5.75 Å². The molecule has 122 valence electrons. The van der Waals surface area contributed by atoms with E-state index in [0.717, 1.165) is 5.75 Å². The summed E-state index contributed by atoms with van der Waals surface area (Å²) in [4.78, 5) is 26.2. The fourth-order valence-electron chi connectivity index (χ4n) is 2.03. The van der Waals surface area contributed by atoms with Crippen LogP contribution in [-0.4, -0.2) is 36.8 Å². The summed E-state index contributed by atoms with van der Waals surface area (Å²) in [5, 5.41) is 1.86. The summed E-state index contributed by atoms with van der Waals surface area (Å²) < 4.78 is 5.61. The summed E-state index contributed by atoms with van der Waals surface area (Å²) in [6.45, 7) is 2.96. The van der Waals surface area contributed by atoms with Gasteiger partial charge in [-0.15, -0.1) is 11.3 Å². The zero-order chi connectivity index (χ0) is 16.7. The van der Waals surface area contributed by atoms with Crippen LogP contribution in [0.25, 0.3) is 0 Å². The maximum Gasteiger partial charge on any atom is 0.222 e. The van der Waals surface area contributed by atoms with E-state index in [2.05, 4.69) is 0 Å². The maximum absolute atomic E-state index is 12.0. The number of hydrogen-bond acceptors (Lipinski definition) is 4. The third-order valence-electron chi connectivity index (χ3n) is 3.50. The normalized spacial score (nSPS) is 10.3. The highest BCUT2D eigenvalue weighted by Crippen LogP contribution is 2.13. The molecule has 1 heterocycles. The van der Waals surface area contributed by atoms with Crippen molar-refractivity contribution in [2.75, 3.05) is 20.2 Å². The summed E-state index contributed by atoms with van der Waals surface area (Å²) in [5.41, 5.74) is 1.18. The lowest BCUT2D eigenvalue weighted by Crippen LogP contribution is -2.31. The Balaban J connectivity index is 1.68.